The lowest BCUT2D eigenvalue weighted by molar-refractivity contribution is 0.683. The summed E-state index contributed by atoms with van der Waals surface area (Å²) in [6.07, 6.45) is 0. The number of anilines is 1. The summed E-state index contributed by atoms with van der Waals surface area (Å²) in [6.45, 7) is 1.31. The van der Waals surface area contributed by atoms with Gasteiger partial charge in [-0.2, -0.15) is 0 Å². The third kappa shape index (κ3) is 2.74. The molecule has 20 heavy (non-hydrogen) atoms. The standard InChI is InChI=1S/C15H15N3OS/c16-14-6-11-4-2-1-3-10(11)5-12(14)7-17-8-13-9-20-15(19)18-13/h1-6,9,17H,7-8,16H2,(H,18,19). The van der Waals surface area contributed by atoms with E-state index in [1.54, 1.807) is 0 Å². The number of H-pyrrole nitrogens is 1. The summed E-state index contributed by atoms with van der Waals surface area (Å²) in [5, 5.41) is 7.46. The summed E-state index contributed by atoms with van der Waals surface area (Å²) >= 11 is 1.18. The Morgan fingerprint density at radius 3 is 2.60 bits per heavy atom. The third-order valence-electron chi connectivity index (χ3n) is 3.21. The first kappa shape index (κ1) is 12.9. The second-order valence-corrected chi connectivity index (χ2v) is 5.52. The summed E-state index contributed by atoms with van der Waals surface area (Å²) in [5.41, 5.74) is 8.83. The number of thiazole rings is 1. The van der Waals surface area contributed by atoms with Gasteiger partial charge in [-0.05, 0) is 28.5 Å². The van der Waals surface area contributed by atoms with Gasteiger partial charge in [0.05, 0.1) is 0 Å². The van der Waals surface area contributed by atoms with E-state index in [2.05, 4.69) is 28.5 Å². The molecule has 2 aromatic carbocycles. The number of hydrogen-bond donors (Lipinski definition) is 3. The van der Waals surface area contributed by atoms with Crippen LogP contribution in [-0.2, 0) is 13.1 Å². The Labute approximate surface area is 120 Å². The average Bonchev–Trinajstić information content (AvgIpc) is 2.85. The van der Waals surface area contributed by atoms with E-state index in [1.807, 2.05) is 23.6 Å². The Morgan fingerprint density at radius 2 is 1.90 bits per heavy atom. The minimum Gasteiger partial charge on any atom is -0.398 e. The zero-order valence-electron chi connectivity index (χ0n) is 10.8. The Kier molecular flexibility index (Phi) is 3.54. The molecule has 0 saturated heterocycles. The maximum atomic E-state index is 11.0. The van der Waals surface area contributed by atoms with Crippen molar-refractivity contribution in [3.63, 3.8) is 0 Å². The first-order valence-corrected chi connectivity index (χ1v) is 7.25. The van der Waals surface area contributed by atoms with Crippen LogP contribution >= 0.6 is 11.3 Å². The van der Waals surface area contributed by atoms with Crippen molar-refractivity contribution in [3.05, 3.63) is 62.7 Å². The van der Waals surface area contributed by atoms with E-state index < -0.39 is 0 Å². The molecular weight excluding hydrogens is 270 g/mol. The van der Waals surface area contributed by atoms with Crippen molar-refractivity contribution in [1.82, 2.24) is 10.3 Å². The third-order valence-corrected chi connectivity index (χ3v) is 3.93. The number of fused-ring (bicyclic) bond motifs is 1. The quantitative estimate of drug-likeness (QED) is 0.645. The van der Waals surface area contributed by atoms with Crippen molar-refractivity contribution in [1.29, 1.82) is 0 Å². The van der Waals surface area contributed by atoms with Crippen LogP contribution in [0.3, 0.4) is 0 Å². The predicted octanol–water partition coefficient (Wildman–Crippen LogP) is 2.46. The van der Waals surface area contributed by atoms with Gasteiger partial charge in [-0.3, -0.25) is 4.79 Å². The number of benzene rings is 2. The molecule has 0 aliphatic rings. The highest BCUT2D eigenvalue weighted by Crippen LogP contribution is 2.21. The average molecular weight is 285 g/mol. The van der Waals surface area contributed by atoms with Gasteiger partial charge < -0.3 is 16.0 Å². The van der Waals surface area contributed by atoms with Gasteiger partial charge in [0.1, 0.15) is 0 Å². The topological polar surface area (TPSA) is 70.9 Å². The smallest absolute Gasteiger partial charge is 0.304 e. The van der Waals surface area contributed by atoms with Crippen LogP contribution in [0.1, 0.15) is 11.3 Å². The van der Waals surface area contributed by atoms with Crippen molar-refractivity contribution in [2.24, 2.45) is 0 Å². The van der Waals surface area contributed by atoms with E-state index in [9.17, 15) is 4.79 Å². The van der Waals surface area contributed by atoms with Crippen molar-refractivity contribution in [2.45, 2.75) is 13.1 Å². The van der Waals surface area contributed by atoms with Crippen LogP contribution in [0, 0.1) is 0 Å². The molecule has 0 fully saturated rings. The van der Waals surface area contributed by atoms with Gasteiger partial charge in [-0.15, -0.1) is 0 Å². The molecule has 5 heteroatoms. The van der Waals surface area contributed by atoms with Gasteiger partial charge in [-0.25, -0.2) is 0 Å². The first-order valence-electron chi connectivity index (χ1n) is 6.37. The van der Waals surface area contributed by atoms with Crippen LogP contribution < -0.4 is 15.9 Å². The zero-order chi connectivity index (χ0) is 13.9. The van der Waals surface area contributed by atoms with Crippen molar-refractivity contribution in [2.75, 3.05) is 5.73 Å². The van der Waals surface area contributed by atoms with Gasteiger partial charge in [0.2, 0.25) is 0 Å². The minimum atomic E-state index is -0.0213. The van der Waals surface area contributed by atoms with Gasteiger partial charge in [0, 0.05) is 29.9 Å². The molecule has 0 aliphatic carbocycles. The van der Waals surface area contributed by atoms with Crippen molar-refractivity contribution >= 4 is 27.8 Å². The second-order valence-electron chi connectivity index (χ2n) is 4.68. The lowest BCUT2D eigenvalue weighted by atomic mass is 10.1. The Balaban J connectivity index is 1.73. The van der Waals surface area contributed by atoms with E-state index in [1.165, 1.54) is 16.7 Å². The number of nitrogens with two attached hydrogens (primary N) is 1. The summed E-state index contributed by atoms with van der Waals surface area (Å²) < 4.78 is 0. The molecule has 0 radical (unpaired) electrons. The van der Waals surface area contributed by atoms with Crippen LogP contribution in [0.5, 0.6) is 0 Å². The molecule has 0 amide bonds. The fourth-order valence-electron chi connectivity index (χ4n) is 2.19. The molecular formula is C15H15N3OS. The maximum absolute atomic E-state index is 11.0. The number of aromatic nitrogens is 1. The van der Waals surface area contributed by atoms with Crippen LogP contribution in [0.2, 0.25) is 0 Å². The number of rotatable bonds is 4. The van der Waals surface area contributed by atoms with Crippen LogP contribution in [0.4, 0.5) is 5.69 Å². The Bertz CT molecular complexity index is 791. The number of nitrogens with one attached hydrogen (secondary N) is 2. The molecule has 0 spiro atoms. The molecule has 0 bridgehead atoms. The summed E-state index contributed by atoms with van der Waals surface area (Å²) in [5.74, 6) is 0. The lowest BCUT2D eigenvalue weighted by Crippen LogP contribution is -2.14. The zero-order valence-corrected chi connectivity index (χ0v) is 11.7. The Hall–Kier alpha value is -2.11. The molecule has 102 valence electrons. The van der Waals surface area contributed by atoms with Crippen LogP contribution in [-0.4, -0.2) is 4.98 Å². The Morgan fingerprint density at radius 1 is 1.15 bits per heavy atom. The monoisotopic (exact) mass is 285 g/mol. The van der Waals surface area contributed by atoms with Gasteiger partial charge in [0.15, 0.2) is 0 Å². The van der Waals surface area contributed by atoms with E-state index in [0.717, 1.165) is 22.3 Å². The van der Waals surface area contributed by atoms with Gasteiger partial charge in [0.25, 0.3) is 0 Å². The molecule has 0 unspecified atom stereocenters. The predicted molar refractivity (Wildman–Crippen MR) is 83.8 cm³/mol. The highest BCUT2D eigenvalue weighted by atomic mass is 32.1. The second kappa shape index (κ2) is 5.48. The number of nitrogen functional groups attached to an aromatic ring is 1. The van der Waals surface area contributed by atoms with Gasteiger partial charge in [-0.1, -0.05) is 35.6 Å². The molecule has 3 aromatic rings. The highest BCUT2D eigenvalue weighted by Gasteiger charge is 2.03. The fraction of sp³-hybridized carbons (Fsp3) is 0.133. The number of aromatic amines is 1. The van der Waals surface area contributed by atoms with Gasteiger partial charge >= 0.3 is 4.87 Å². The SMILES string of the molecule is Nc1cc2ccccc2cc1CNCc1csc(=O)[nH]1. The number of hydrogen-bond acceptors (Lipinski definition) is 4. The molecule has 0 atom stereocenters. The van der Waals surface area contributed by atoms with E-state index in [0.29, 0.717) is 13.1 Å². The molecule has 4 N–H and O–H groups in total. The fourth-order valence-corrected chi connectivity index (χ4v) is 2.77. The minimum absolute atomic E-state index is 0.0213. The molecule has 1 heterocycles. The molecule has 1 aromatic heterocycles. The molecule has 3 rings (SSSR count). The van der Waals surface area contributed by atoms with Crippen molar-refractivity contribution in [3.8, 4) is 0 Å². The lowest BCUT2D eigenvalue weighted by Gasteiger charge is -2.09. The largest absolute Gasteiger partial charge is 0.398 e. The van der Waals surface area contributed by atoms with Crippen LogP contribution in [0.25, 0.3) is 10.8 Å². The molecule has 4 nitrogen and oxygen atoms in total. The summed E-state index contributed by atoms with van der Waals surface area (Å²) in [4.78, 5) is 13.8. The van der Waals surface area contributed by atoms with E-state index in [-0.39, 0.29) is 4.87 Å². The normalized spacial score (nSPS) is 11.0. The van der Waals surface area contributed by atoms with E-state index in [4.69, 9.17) is 5.73 Å². The molecule has 0 aliphatic heterocycles. The first-order chi connectivity index (χ1) is 9.72. The highest BCUT2D eigenvalue weighted by molar-refractivity contribution is 7.07. The van der Waals surface area contributed by atoms with E-state index >= 15 is 0 Å². The van der Waals surface area contributed by atoms with Crippen molar-refractivity contribution < 1.29 is 0 Å². The summed E-state index contributed by atoms with van der Waals surface area (Å²) in [6, 6.07) is 12.3. The maximum Gasteiger partial charge on any atom is 0.304 e. The molecule has 0 saturated carbocycles. The van der Waals surface area contributed by atoms with Crippen LogP contribution in [0.15, 0.2) is 46.6 Å². The summed E-state index contributed by atoms with van der Waals surface area (Å²) in [7, 11) is 0.